The molecule has 2 aromatic rings. The molecule has 1 aromatic carbocycles. The molecule has 0 saturated carbocycles. The Labute approximate surface area is 166 Å². The normalized spacial score (nSPS) is 21.8. The minimum atomic E-state index is -0.184. The minimum absolute atomic E-state index is 0.0337. The Morgan fingerprint density at radius 1 is 1.25 bits per heavy atom. The van der Waals surface area contributed by atoms with Crippen molar-refractivity contribution in [3.8, 4) is 0 Å². The van der Waals surface area contributed by atoms with E-state index in [-0.39, 0.29) is 11.9 Å². The lowest BCUT2D eigenvalue weighted by molar-refractivity contribution is 0.102. The van der Waals surface area contributed by atoms with E-state index < -0.39 is 0 Å². The molecule has 7 heteroatoms. The molecule has 0 bridgehead atoms. The number of hydrogen-bond donors (Lipinski definition) is 2. The second-order valence-corrected chi connectivity index (χ2v) is 8.23. The van der Waals surface area contributed by atoms with E-state index in [1.165, 1.54) is 11.3 Å². The quantitative estimate of drug-likeness (QED) is 0.849. The molecule has 0 radical (unpaired) electrons. The van der Waals surface area contributed by atoms with Crippen molar-refractivity contribution in [1.29, 1.82) is 0 Å². The van der Waals surface area contributed by atoms with Gasteiger partial charge in [-0.1, -0.05) is 6.07 Å². The van der Waals surface area contributed by atoms with Crippen molar-refractivity contribution in [2.24, 2.45) is 5.73 Å². The molecule has 150 valence electrons. The molecule has 28 heavy (non-hydrogen) atoms. The van der Waals surface area contributed by atoms with Crippen molar-refractivity contribution in [3.63, 3.8) is 0 Å². The van der Waals surface area contributed by atoms with E-state index in [9.17, 15) is 4.79 Å². The Morgan fingerprint density at radius 2 is 2.07 bits per heavy atom. The Bertz CT molecular complexity index is 874. The van der Waals surface area contributed by atoms with Gasteiger partial charge < -0.3 is 20.9 Å². The zero-order valence-corrected chi connectivity index (χ0v) is 17.0. The predicted octanol–water partition coefficient (Wildman–Crippen LogP) is 2.38. The van der Waals surface area contributed by atoms with E-state index in [2.05, 4.69) is 53.4 Å². The van der Waals surface area contributed by atoms with Crippen LogP contribution in [0.4, 0.5) is 11.4 Å². The molecule has 1 amide bonds. The van der Waals surface area contributed by atoms with Crippen LogP contribution in [0.3, 0.4) is 0 Å². The van der Waals surface area contributed by atoms with Gasteiger partial charge in [-0.15, -0.1) is 0 Å². The first kappa shape index (κ1) is 19.0. The predicted molar refractivity (Wildman–Crippen MR) is 112 cm³/mol. The van der Waals surface area contributed by atoms with E-state index in [1.54, 1.807) is 0 Å². The smallest absolute Gasteiger partial charge is 0.276 e. The summed E-state index contributed by atoms with van der Waals surface area (Å²) in [4.78, 5) is 17.4. The molecule has 7 nitrogen and oxygen atoms in total. The standard InChI is InChI=1S/C21H30N6O/c1-14-6-7-15(11-19(14)26-10-8-16(13-26)25(2)3)23-21(28)18-12-20-17(22)5-4-9-27(20)24-18/h6-7,11-12,16-17H,4-5,8-10,13,22H2,1-3H3,(H,23,28). The molecule has 4 rings (SSSR count). The van der Waals surface area contributed by atoms with Gasteiger partial charge in [0, 0.05) is 43.1 Å². The number of carbonyl (C=O) groups is 1. The Kier molecular flexibility index (Phi) is 5.12. The average Bonchev–Trinajstić information content (AvgIpc) is 3.31. The maximum Gasteiger partial charge on any atom is 0.276 e. The summed E-state index contributed by atoms with van der Waals surface area (Å²) in [5.41, 5.74) is 10.7. The molecule has 2 unspecified atom stereocenters. The van der Waals surface area contributed by atoms with Crippen LogP contribution in [0.2, 0.25) is 0 Å². The number of amides is 1. The molecule has 1 aromatic heterocycles. The molecule has 2 atom stereocenters. The number of fused-ring (bicyclic) bond motifs is 1. The number of aryl methyl sites for hydroxylation is 2. The summed E-state index contributed by atoms with van der Waals surface area (Å²) in [6.07, 6.45) is 3.10. The molecular weight excluding hydrogens is 352 g/mol. The average molecular weight is 383 g/mol. The lowest BCUT2D eigenvalue weighted by Gasteiger charge is -2.24. The third kappa shape index (κ3) is 3.64. The first-order valence-corrected chi connectivity index (χ1v) is 10.1. The lowest BCUT2D eigenvalue weighted by atomic mass is 10.1. The van der Waals surface area contributed by atoms with Crippen molar-refractivity contribution in [2.75, 3.05) is 37.4 Å². The molecule has 3 N–H and O–H groups in total. The summed E-state index contributed by atoms with van der Waals surface area (Å²) < 4.78 is 1.87. The van der Waals surface area contributed by atoms with Crippen molar-refractivity contribution in [3.05, 3.63) is 41.2 Å². The maximum atomic E-state index is 12.7. The first-order valence-electron chi connectivity index (χ1n) is 10.1. The van der Waals surface area contributed by atoms with Crippen LogP contribution in [0.25, 0.3) is 0 Å². The highest BCUT2D eigenvalue weighted by Crippen LogP contribution is 2.29. The van der Waals surface area contributed by atoms with Crippen LogP contribution in [0, 0.1) is 6.92 Å². The summed E-state index contributed by atoms with van der Waals surface area (Å²) >= 11 is 0. The monoisotopic (exact) mass is 382 g/mol. The number of anilines is 2. The second kappa shape index (κ2) is 7.56. The summed E-state index contributed by atoms with van der Waals surface area (Å²) in [6.45, 7) is 4.99. The minimum Gasteiger partial charge on any atom is -0.370 e. The molecule has 1 saturated heterocycles. The van der Waals surface area contributed by atoms with Crippen LogP contribution in [0.1, 0.15) is 47.1 Å². The van der Waals surface area contributed by atoms with Gasteiger partial charge in [-0.25, -0.2) is 0 Å². The van der Waals surface area contributed by atoms with Crippen molar-refractivity contribution < 1.29 is 4.79 Å². The highest BCUT2D eigenvalue weighted by Gasteiger charge is 2.26. The van der Waals surface area contributed by atoms with Crippen molar-refractivity contribution >= 4 is 17.3 Å². The van der Waals surface area contributed by atoms with E-state index in [4.69, 9.17) is 5.73 Å². The maximum absolute atomic E-state index is 12.7. The first-order chi connectivity index (χ1) is 13.4. The lowest BCUT2D eigenvalue weighted by Crippen LogP contribution is -2.31. The van der Waals surface area contributed by atoms with Crippen LogP contribution in [-0.4, -0.2) is 53.8 Å². The number of likely N-dealkylation sites (N-methyl/N-ethyl adjacent to an activating group) is 1. The Morgan fingerprint density at radius 3 is 2.79 bits per heavy atom. The third-order valence-electron chi connectivity index (χ3n) is 6.01. The van der Waals surface area contributed by atoms with E-state index in [1.807, 2.05) is 16.8 Å². The summed E-state index contributed by atoms with van der Waals surface area (Å²) in [5.74, 6) is -0.184. The fourth-order valence-electron chi connectivity index (χ4n) is 4.23. The fraction of sp³-hybridized carbons (Fsp3) is 0.524. The van der Waals surface area contributed by atoms with Gasteiger partial charge in [-0.05, 0) is 64.0 Å². The van der Waals surface area contributed by atoms with Gasteiger partial charge >= 0.3 is 0 Å². The Balaban J connectivity index is 1.50. The van der Waals surface area contributed by atoms with Crippen LogP contribution >= 0.6 is 0 Å². The summed E-state index contributed by atoms with van der Waals surface area (Å²) in [7, 11) is 4.27. The van der Waals surface area contributed by atoms with Gasteiger partial charge in [0.15, 0.2) is 5.69 Å². The number of rotatable bonds is 4. The summed E-state index contributed by atoms with van der Waals surface area (Å²) in [6, 6.07) is 8.47. The number of aromatic nitrogens is 2. The topological polar surface area (TPSA) is 79.4 Å². The molecule has 2 aliphatic rings. The van der Waals surface area contributed by atoms with Crippen LogP contribution < -0.4 is 16.0 Å². The van der Waals surface area contributed by atoms with Gasteiger partial charge in [0.1, 0.15) is 0 Å². The van der Waals surface area contributed by atoms with Gasteiger partial charge in [0.25, 0.3) is 5.91 Å². The molecular formula is C21H30N6O. The molecule has 0 spiro atoms. The zero-order valence-electron chi connectivity index (χ0n) is 17.0. The molecule has 1 fully saturated rings. The largest absolute Gasteiger partial charge is 0.370 e. The fourth-order valence-corrected chi connectivity index (χ4v) is 4.23. The van der Waals surface area contributed by atoms with Gasteiger partial charge in [-0.3, -0.25) is 9.48 Å². The van der Waals surface area contributed by atoms with Crippen molar-refractivity contribution in [2.45, 2.75) is 44.8 Å². The van der Waals surface area contributed by atoms with Crippen LogP contribution in [0.5, 0.6) is 0 Å². The van der Waals surface area contributed by atoms with E-state index >= 15 is 0 Å². The third-order valence-corrected chi connectivity index (χ3v) is 6.01. The Hall–Kier alpha value is -2.38. The number of carbonyl (C=O) groups excluding carboxylic acids is 1. The van der Waals surface area contributed by atoms with Gasteiger partial charge in [-0.2, -0.15) is 5.10 Å². The highest BCUT2D eigenvalue weighted by atomic mass is 16.2. The van der Waals surface area contributed by atoms with E-state index in [0.29, 0.717) is 11.7 Å². The zero-order chi connectivity index (χ0) is 19.8. The van der Waals surface area contributed by atoms with Crippen LogP contribution in [0.15, 0.2) is 24.3 Å². The van der Waals surface area contributed by atoms with Crippen LogP contribution in [-0.2, 0) is 6.54 Å². The molecule has 3 heterocycles. The molecule has 0 aliphatic carbocycles. The van der Waals surface area contributed by atoms with Crippen molar-refractivity contribution in [1.82, 2.24) is 14.7 Å². The number of nitrogens with zero attached hydrogens (tertiary/aromatic N) is 4. The van der Waals surface area contributed by atoms with Gasteiger partial charge in [0.05, 0.1) is 5.69 Å². The number of nitrogens with two attached hydrogens (primary N) is 1. The summed E-state index contributed by atoms with van der Waals surface area (Å²) in [5, 5.41) is 7.47. The van der Waals surface area contributed by atoms with Gasteiger partial charge in [0.2, 0.25) is 0 Å². The highest BCUT2D eigenvalue weighted by molar-refractivity contribution is 6.03. The van der Waals surface area contributed by atoms with E-state index in [0.717, 1.165) is 50.3 Å². The molecule has 2 aliphatic heterocycles. The SMILES string of the molecule is Cc1ccc(NC(=O)c2cc3n(n2)CCCC3N)cc1N1CCC(N(C)C)C1. The number of hydrogen-bond acceptors (Lipinski definition) is 5. The second-order valence-electron chi connectivity index (χ2n) is 8.23. The number of nitrogens with one attached hydrogen (secondary N) is 1. The number of benzene rings is 1.